The number of benzene rings is 4. The molecule has 6 aromatic rings. The second-order valence-corrected chi connectivity index (χ2v) is 14.2. The van der Waals surface area contributed by atoms with Crippen molar-refractivity contribution in [2.45, 2.75) is 40.5 Å². The lowest BCUT2D eigenvalue weighted by molar-refractivity contribution is -0.132. The second-order valence-electron chi connectivity index (χ2n) is 10.7. The van der Waals surface area contributed by atoms with Crippen molar-refractivity contribution < 1.29 is 55.9 Å². The van der Waals surface area contributed by atoms with Gasteiger partial charge in [-0.1, -0.05) is 13.8 Å². The van der Waals surface area contributed by atoms with E-state index in [9.17, 15) is 29.4 Å². The summed E-state index contributed by atoms with van der Waals surface area (Å²) in [6.45, 7) is 5.87. The van der Waals surface area contributed by atoms with Crippen molar-refractivity contribution in [2.24, 2.45) is 0 Å². The van der Waals surface area contributed by atoms with E-state index in [0.717, 1.165) is 6.92 Å². The average molecular weight is 970 g/mol. The quantitative estimate of drug-likeness (QED) is 0.0856. The molecule has 2 N–H and O–H groups in total. The fourth-order valence-electron chi connectivity index (χ4n) is 4.98. The molecule has 0 spiro atoms. The van der Waals surface area contributed by atoms with Crippen LogP contribution in [-0.2, 0) is 22.4 Å². The molecule has 0 aliphatic heterocycles. The molecule has 4 aromatic carbocycles. The van der Waals surface area contributed by atoms with Crippen LogP contribution in [0.5, 0.6) is 23.0 Å². The number of ether oxygens (including phenoxy) is 2. The van der Waals surface area contributed by atoms with E-state index in [1.54, 1.807) is 13.8 Å². The number of rotatable bonds is 8. The maximum atomic E-state index is 13.5. The summed E-state index contributed by atoms with van der Waals surface area (Å²) in [7, 11) is 0. The Labute approximate surface area is 339 Å². The third-order valence-corrected chi connectivity index (χ3v) is 9.54. The van der Waals surface area contributed by atoms with Gasteiger partial charge in [-0.05, 0) is 112 Å². The van der Waals surface area contributed by atoms with Gasteiger partial charge in [0.05, 0.1) is 37.2 Å². The molecule has 2 aromatic heterocycles. The van der Waals surface area contributed by atoms with Crippen molar-refractivity contribution in [1.29, 1.82) is 0 Å². The molecule has 52 heavy (non-hydrogen) atoms. The molecule has 14 heteroatoms. The fraction of sp³-hybridized carbons (Fsp3) is 0.158. The zero-order valence-electron chi connectivity index (χ0n) is 33.4. The van der Waals surface area contributed by atoms with Crippen LogP contribution in [0, 0.1) is 0 Å². The van der Waals surface area contributed by atoms with Crippen molar-refractivity contribution in [2.75, 3.05) is 0 Å². The first-order chi connectivity index (χ1) is 27.2. The van der Waals surface area contributed by atoms with Crippen LogP contribution >= 0.6 is 63.7 Å². The van der Waals surface area contributed by atoms with Crippen LogP contribution in [0.15, 0.2) is 87.2 Å². The van der Waals surface area contributed by atoms with Crippen molar-refractivity contribution in [3.05, 3.63) is 112 Å². The number of aryl methyl sites for hydroxylation is 2. The van der Waals surface area contributed by atoms with Gasteiger partial charge >= 0.3 is 11.9 Å². The fourth-order valence-corrected chi connectivity index (χ4v) is 7.51. The van der Waals surface area contributed by atoms with E-state index in [1.807, 2.05) is 0 Å². The zero-order valence-corrected chi connectivity index (χ0v) is 33.7. The highest BCUT2D eigenvalue weighted by Crippen LogP contribution is 2.39. The Morgan fingerprint density at radius 1 is 0.673 bits per heavy atom. The predicted octanol–water partition coefficient (Wildman–Crippen LogP) is 10.8. The van der Waals surface area contributed by atoms with E-state index >= 15 is 0 Å². The van der Waals surface area contributed by atoms with E-state index in [2.05, 4.69) is 63.7 Å². The number of hydrogen-bond donors (Lipinski definition) is 2. The number of ketones is 2. The molecule has 268 valence electrons. The molecule has 2 heterocycles. The van der Waals surface area contributed by atoms with Gasteiger partial charge in [-0.15, -0.1) is 0 Å². The molecule has 0 fully saturated rings. The van der Waals surface area contributed by atoms with Crippen LogP contribution in [0.25, 0.3) is 21.9 Å². The molecular weight excluding hydrogens is 936 g/mol. The third kappa shape index (κ3) is 8.20. The molecule has 0 bridgehead atoms. The minimum absolute atomic E-state index is 0.00550. The minimum atomic E-state index is -0.744. The highest BCUT2D eigenvalue weighted by molar-refractivity contribution is 9.11. The number of esters is 2. The zero-order chi connectivity index (χ0) is 43.2. The molecule has 0 aliphatic rings. The first kappa shape index (κ1) is 31.3. The van der Waals surface area contributed by atoms with Crippen molar-refractivity contribution in [3.8, 4) is 23.0 Å². The summed E-state index contributed by atoms with van der Waals surface area (Å²) in [5, 5.41) is 19.7. The van der Waals surface area contributed by atoms with Crippen molar-refractivity contribution in [1.82, 2.24) is 0 Å². The summed E-state index contributed by atoms with van der Waals surface area (Å²) >= 11 is 12.9. The molecule has 0 unspecified atom stereocenters. The Morgan fingerprint density at radius 3 is 1.58 bits per heavy atom. The van der Waals surface area contributed by atoms with Gasteiger partial charge in [0.2, 0.25) is 0 Å². The second kappa shape index (κ2) is 16.2. The van der Waals surface area contributed by atoms with Gasteiger partial charge in [-0.2, -0.15) is 0 Å². The van der Waals surface area contributed by atoms with Crippen molar-refractivity contribution in [3.63, 3.8) is 0 Å². The SMILES string of the molecule is [2H]c1c(O)c([2H])c2oc(CC)c(C(=O)c3cc(Br)c(O)c(Br)c3)c2c1[2H].[2H]c1c(OC(C)=O)c([2H])c2oc(CC)c(C(=O)c3cc(Br)c(OC(C)=O)c(Br)c3)c2c1[2H]. The van der Waals surface area contributed by atoms with E-state index in [1.165, 1.54) is 31.2 Å². The van der Waals surface area contributed by atoms with Gasteiger partial charge in [0.25, 0.3) is 0 Å². The van der Waals surface area contributed by atoms with Crippen LogP contribution < -0.4 is 9.47 Å². The van der Waals surface area contributed by atoms with Gasteiger partial charge in [-0.3, -0.25) is 19.2 Å². The van der Waals surface area contributed by atoms with Crippen molar-refractivity contribution >= 4 is 109 Å². The molecule has 0 saturated carbocycles. The topological polar surface area (TPSA) is 153 Å². The standard InChI is InChI=1S/C21H16Br2O6.C17H12Br2O4/c1-4-17-19(14-6-5-13(27-10(2)24)9-18(14)29-17)20(26)12-7-15(22)21(16(23)8-12)28-11(3)25;1-2-13-15(10-4-3-9(20)7-14(10)23-13)16(21)8-5-11(18)17(22)12(19)6-8/h5-9H,4H2,1-3H3;3-7,20,22H,2H2,1H3/i5D,6D,9D;3D,4D,7D. The van der Waals surface area contributed by atoms with Gasteiger partial charge in [0.1, 0.15) is 39.9 Å². The summed E-state index contributed by atoms with van der Waals surface area (Å²) in [5.74, 6) is -2.68. The number of phenols is 2. The number of furan rings is 2. The Kier molecular flexibility index (Phi) is 9.75. The normalized spacial score (nSPS) is 12.5. The summed E-state index contributed by atoms with van der Waals surface area (Å²) in [4.78, 5) is 49.3. The maximum Gasteiger partial charge on any atom is 0.308 e. The monoisotopic (exact) mass is 966 g/mol. The first-order valence-electron chi connectivity index (χ1n) is 18.1. The third-order valence-electron chi connectivity index (χ3n) is 7.16. The van der Waals surface area contributed by atoms with Gasteiger partial charge in [0.15, 0.2) is 17.3 Å². The summed E-state index contributed by atoms with van der Waals surface area (Å²) in [6, 6.07) is 3.18. The lowest BCUT2D eigenvalue weighted by Gasteiger charge is -2.09. The molecule has 6 rings (SSSR count). The van der Waals surface area contributed by atoms with Crippen LogP contribution in [-0.4, -0.2) is 33.7 Å². The summed E-state index contributed by atoms with van der Waals surface area (Å²) < 4.78 is 71.5. The number of fused-ring (bicyclic) bond motifs is 2. The molecule has 0 aliphatic carbocycles. The maximum absolute atomic E-state index is 13.5. The predicted molar refractivity (Wildman–Crippen MR) is 208 cm³/mol. The molecule has 0 saturated heterocycles. The van der Waals surface area contributed by atoms with Crippen LogP contribution in [0.2, 0.25) is 0 Å². The summed E-state index contributed by atoms with van der Waals surface area (Å²) in [5.41, 5.74) is 0.336. The molecule has 0 amide bonds. The highest BCUT2D eigenvalue weighted by atomic mass is 79.9. The molecule has 0 radical (unpaired) electrons. The molecule has 10 nitrogen and oxygen atoms in total. The highest BCUT2D eigenvalue weighted by Gasteiger charge is 2.25. The number of aromatic hydroxyl groups is 2. The lowest BCUT2D eigenvalue weighted by Crippen LogP contribution is -2.06. The smallest absolute Gasteiger partial charge is 0.308 e. The Morgan fingerprint density at radius 2 is 1.12 bits per heavy atom. The number of hydrogen-bond acceptors (Lipinski definition) is 10. The Bertz CT molecular complexity index is 2700. The van der Waals surface area contributed by atoms with E-state index in [0.29, 0.717) is 24.3 Å². The average Bonchev–Trinajstić information content (AvgIpc) is 3.76. The Balaban J connectivity index is 0.000000226. The first-order valence-corrected chi connectivity index (χ1v) is 18.3. The van der Waals surface area contributed by atoms with Crippen LogP contribution in [0.3, 0.4) is 0 Å². The molecule has 0 atom stereocenters. The minimum Gasteiger partial charge on any atom is -0.508 e. The summed E-state index contributed by atoms with van der Waals surface area (Å²) in [6.07, 6.45) is 0.599. The van der Waals surface area contributed by atoms with E-state index in [4.69, 9.17) is 26.5 Å². The van der Waals surface area contributed by atoms with Gasteiger partial charge < -0.3 is 28.5 Å². The van der Waals surface area contributed by atoms with E-state index in [-0.39, 0.29) is 79.7 Å². The van der Waals surface area contributed by atoms with Crippen LogP contribution in [0.4, 0.5) is 0 Å². The number of carbonyl (C=O) groups is 4. The molecular formula is C38H28Br4O10. The van der Waals surface area contributed by atoms with Gasteiger partial charge in [0, 0.05) is 60.7 Å². The Hall–Kier alpha value is -4.24. The lowest BCUT2D eigenvalue weighted by atomic mass is 9.99. The van der Waals surface area contributed by atoms with Gasteiger partial charge in [-0.25, -0.2) is 0 Å². The largest absolute Gasteiger partial charge is 0.508 e. The number of phenolic OH excluding ortho intramolecular Hbond substituents is 2. The number of carbonyl (C=O) groups excluding carboxylic acids is 4. The van der Waals surface area contributed by atoms with E-state index < -0.39 is 65.2 Å². The number of halogens is 4. The van der Waals surface area contributed by atoms with Crippen LogP contribution in [0.1, 0.15) is 79.3 Å².